The second kappa shape index (κ2) is 7.48. The molecular formula is C16H27N3O. The minimum Gasteiger partial charge on any atom is -0.344 e. The smallest absolute Gasteiger partial charge is 0.270 e. The van der Waals surface area contributed by atoms with Gasteiger partial charge in [-0.1, -0.05) is 6.92 Å². The number of hydrogen-bond acceptors (Lipinski definition) is 2. The summed E-state index contributed by atoms with van der Waals surface area (Å²) in [5.74, 6) is 0.786. The number of carbonyl (C=O) groups excluding carboxylic acids is 1. The second-order valence-corrected chi connectivity index (χ2v) is 5.64. The van der Waals surface area contributed by atoms with E-state index < -0.39 is 0 Å². The highest BCUT2D eigenvalue weighted by Gasteiger charge is 2.22. The van der Waals surface area contributed by atoms with Crippen molar-refractivity contribution in [2.24, 2.45) is 5.92 Å². The molecule has 1 saturated heterocycles. The minimum atomic E-state index is 0.185. The van der Waals surface area contributed by atoms with Crippen LogP contribution in [0.3, 0.4) is 0 Å². The van der Waals surface area contributed by atoms with Crippen molar-refractivity contribution in [1.82, 2.24) is 14.8 Å². The van der Waals surface area contributed by atoms with Crippen LogP contribution in [-0.2, 0) is 6.54 Å². The maximum absolute atomic E-state index is 12.7. The highest BCUT2D eigenvalue weighted by molar-refractivity contribution is 5.92. The quantitative estimate of drug-likeness (QED) is 0.866. The Morgan fingerprint density at radius 2 is 2.35 bits per heavy atom. The average molecular weight is 277 g/mol. The lowest BCUT2D eigenvalue weighted by Crippen LogP contribution is -2.41. The van der Waals surface area contributed by atoms with E-state index in [4.69, 9.17) is 0 Å². The first-order valence-electron chi connectivity index (χ1n) is 7.91. The normalized spacial score (nSPS) is 19.0. The van der Waals surface area contributed by atoms with E-state index in [1.807, 2.05) is 27.8 Å². The molecule has 1 unspecified atom stereocenters. The molecule has 0 saturated carbocycles. The van der Waals surface area contributed by atoms with E-state index in [-0.39, 0.29) is 5.91 Å². The molecule has 2 rings (SSSR count). The predicted molar refractivity (Wildman–Crippen MR) is 81.9 cm³/mol. The number of nitrogens with one attached hydrogen (secondary N) is 1. The second-order valence-electron chi connectivity index (χ2n) is 5.64. The summed E-state index contributed by atoms with van der Waals surface area (Å²) in [7, 11) is 0. The SMILES string of the molecule is CCCN(CC1CCCNC1)C(=O)c1cccn1CC. The molecule has 0 aromatic carbocycles. The molecule has 1 atom stereocenters. The van der Waals surface area contributed by atoms with Crippen LogP contribution in [0, 0.1) is 5.92 Å². The molecule has 1 aromatic heterocycles. The van der Waals surface area contributed by atoms with E-state index >= 15 is 0 Å². The van der Waals surface area contributed by atoms with Gasteiger partial charge in [0, 0.05) is 25.8 Å². The van der Waals surface area contributed by atoms with Gasteiger partial charge >= 0.3 is 0 Å². The van der Waals surface area contributed by atoms with Crippen LogP contribution in [0.5, 0.6) is 0 Å². The zero-order valence-corrected chi connectivity index (χ0v) is 12.8. The molecule has 4 nitrogen and oxygen atoms in total. The van der Waals surface area contributed by atoms with Crippen molar-refractivity contribution in [3.63, 3.8) is 0 Å². The van der Waals surface area contributed by atoms with Crippen LogP contribution in [0.15, 0.2) is 18.3 Å². The van der Waals surface area contributed by atoms with Crippen molar-refractivity contribution in [1.29, 1.82) is 0 Å². The first kappa shape index (κ1) is 15.1. The molecule has 0 bridgehead atoms. The number of carbonyl (C=O) groups is 1. The van der Waals surface area contributed by atoms with E-state index in [1.165, 1.54) is 12.8 Å². The zero-order chi connectivity index (χ0) is 14.4. The third-order valence-corrected chi connectivity index (χ3v) is 4.05. The van der Waals surface area contributed by atoms with Gasteiger partial charge < -0.3 is 14.8 Å². The fourth-order valence-electron chi connectivity index (χ4n) is 2.98. The lowest BCUT2D eigenvalue weighted by Gasteiger charge is -2.30. The van der Waals surface area contributed by atoms with Crippen molar-refractivity contribution in [3.05, 3.63) is 24.0 Å². The average Bonchev–Trinajstić information content (AvgIpc) is 2.95. The van der Waals surface area contributed by atoms with Crippen LogP contribution in [-0.4, -0.2) is 41.6 Å². The van der Waals surface area contributed by atoms with Gasteiger partial charge in [0.25, 0.3) is 5.91 Å². The molecule has 1 aromatic rings. The van der Waals surface area contributed by atoms with Gasteiger partial charge in [-0.25, -0.2) is 0 Å². The van der Waals surface area contributed by atoms with Crippen molar-refractivity contribution in [2.45, 2.75) is 39.7 Å². The number of amides is 1. The number of aryl methyl sites for hydroxylation is 1. The predicted octanol–water partition coefficient (Wildman–Crippen LogP) is 2.36. The van der Waals surface area contributed by atoms with E-state index in [2.05, 4.69) is 19.2 Å². The van der Waals surface area contributed by atoms with E-state index in [9.17, 15) is 4.79 Å². The molecule has 1 aliphatic heterocycles. The Balaban J connectivity index is 2.04. The number of hydrogen-bond donors (Lipinski definition) is 1. The largest absolute Gasteiger partial charge is 0.344 e. The summed E-state index contributed by atoms with van der Waals surface area (Å²) in [5.41, 5.74) is 0.824. The molecule has 20 heavy (non-hydrogen) atoms. The van der Waals surface area contributed by atoms with Gasteiger partial charge in [0.1, 0.15) is 5.69 Å². The van der Waals surface area contributed by atoms with Crippen molar-refractivity contribution in [3.8, 4) is 0 Å². The Morgan fingerprint density at radius 1 is 1.50 bits per heavy atom. The molecule has 2 heterocycles. The Bertz CT molecular complexity index is 421. The third-order valence-electron chi connectivity index (χ3n) is 4.05. The van der Waals surface area contributed by atoms with Gasteiger partial charge in [0.05, 0.1) is 0 Å². The number of nitrogens with zero attached hydrogens (tertiary/aromatic N) is 2. The standard InChI is InChI=1S/C16H27N3O/c1-3-10-19(13-14-7-5-9-17-12-14)16(20)15-8-6-11-18(15)4-2/h6,8,11,14,17H,3-5,7,9-10,12-13H2,1-2H3. The summed E-state index contributed by atoms with van der Waals surface area (Å²) < 4.78 is 2.03. The van der Waals surface area contributed by atoms with Gasteiger partial charge in [-0.2, -0.15) is 0 Å². The van der Waals surface area contributed by atoms with Crippen LogP contribution < -0.4 is 5.32 Å². The molecule has 1 fully saturated rings. The fourth-order valence-corrected chi connectivity index (χ4v) is 2.98. The van der Waals surface area contributed by atoms with Crippen molar-refractivity contribution < 1.29 is 4.79 Å². The Kier molecular flexibility index (Phi) is 5.65. The van der Waals surface area contributed by atoms with Gasteiger partial charge in [-0.05, 0) is 57.3 Å². The molecule has 0 radical (unpaired) electrons. The van der Waals surface area contributed by atoms with E-state index in [0.29, 0.717) is 5.92 Å². The Morgan fingerprint density at radius 3 is 3.00 bits per heavy atom. The fraction of sp³-hybridized carbons (Fsp3) is 0.688. The van der Waals surface area contributed by atoms with Crippen molar-refractivity contribution in [2.75, 3.05) is 26.2 Å². The van der Waals surface area contributed by atoms with Gasteiger partial charge in [-0.15, -0.1) is 0 Å². The number of piperidine rings is 1. The third kappa shape index (κ3) is 3.63. The molecule has 112 valence electrons. The molecule has 1 N–H and O–H groups in total. The van der Waals surface area contributed by atoms with Crippen LogP contribution in [0.2, 0.25) is 0 Å². The maximum Gasteiger partial charge on any atom is 0.270 e. The summed E-state index contributed by atoms with van der Waals surface area (Å²) in [5, 5.41) is 3.44. The van der Waals surface area contributed by atoms with Crippen LogP contribution in [0.25, 0.3) is 0 Å². The van der Waals surface area contributed by atoms with Gasteiger partial charge in [-0.3, -0.25) is 4.79 Å². The summed E-state index contributed by atoms with van der Waals surface area (Å²) >= 11 is 0. The lowest BCUT2D eigenvalue weighted by molar-refractivity contribution is 0.0708. The number of aromatic nitrogens is 1. The first-order valence-corrected chi connectivity index (χ1v) is 7.91. The molecule has 0 aliphatic carbocycles. The highest BCUT2D eigenvalue weighted by Crippen LogP contribution is 2.15. The summed E-state index contributed by atoms with van der Waals surface area (Å²) in [6.45, 7) is 8.96. The molecule has 0 spiro atoms. The minimum absolute atomic E-state index is 0.185. The van der Waals surface area contributed by atoms with Gasteiger partial charge in [0.2, 0.25) is 0 Å². The first-order chi connectivity index (χ1) is 9.76. The molecular weight excluding hydrogens is 250 g/mol. The molecule has 1 aliphatic rings. The maximum atomic E-state index is 12.7. The molecule has 4 heteroatoms. The van der Waals surface area contributed by atoms with Gasteiger partial charge in [0.15, 0.2) is 0 Å². The van der Waals surface area contributed by atoms with E-state index in [0.717, 1.165) is 44.8 Å². The highest BCUT2D eigenvalue weighted by atomic mass is 16.2. The summed E-state index contributed by atoms with van der Waals surface area (Å²) in [6, 6.07) is 3.90. The number of rotatable bonds is 6. The Hall–Kier alpha value is -1.29. The summed E-state index contributed by atoms with van der Waals surface area (Å²) in [6.07, 6.45) is 5.46. The Labute approximate surface area is 122 Å². The summed E-state index contributed by atoms with van der Waals surface area (Å²) in [4.78, 5) is 14.8. The van der Waals surface area contributed by atoms with Crippen molar-refractivity contribution >= 4 is 5.91 Å². The lowest BCUT2D eigenvalue weighted by atomic mass is 9.99. The van der Waals surface area contributed by atoms with Crippen LogP contribution in [0.1, 0.15) is 43.6 Å². The topological polar surface area (TPSA) is 37.3 Å². The van der Waals surface area contributed by atoms with Crippen LogP contribution >= 0.6 is 0 Å². The monoisotopic (exact) mass is 277 g/mol. The van der Waals surface area contributed by atoms with Crippen LogP contribution in [0.4, 0.5) is 0 Å². The zero-order valence-electron chi connectivity index (χ0n) is 12.8. The van der Waals surface area contributed by atoms with E-state index in [1.54, 1.807) is 0 Å². The molecule has 1 amide bonds.